The van der Waals surface area contributed by atoms with E-state index in [1.54, 1.807) is 4.68 Å². The molecule has 0 unspecified atom stereocenters. The van der Waals surface area contributed by atoms with Gasteiger partial charge >= 0.3 is 0 Å². The van der Waals surface area contributed by atoms with Gasteiger partial charge in [-0.2, -0.15) is 5.10 Å². The maximum absolute atomic E-state index is 13.4. The number of aromatic nitrogens is 4. The van der Waals surface area contributed by atoms with Crippen molar-refractivity contribution in [3.8, 4) is 0 Å². The molecular weight excluding hydrogens is 302 g/mol. The lowest BCUT2D eigenvalue weighted by Gasteiger charge is -2.32. The quantitative estimate of drug-likeness (QED) is 0.922. The van der Waals surface area contributed by atoms with Gasteiger partial charge in [0.15, 0.2) is 5.65 Å². The number of hydrogen-bond acceptors (Lipinski definition) is 3. The van der Waals surface area contributed by atoms with Crippen molar-refractivity contribution < 1.29 is 8.78 Å². The van der Waals surface area contributed by atoms with Crippen LogP contribution in [-0.4, -0.2) is 25.7 Å². The van der Waals surface area contributed by atoms with Crippen LogP contribution in [0.2, 0.25) is 0 Å². The Hall–Kier alpha value is -1.79. The van der Waals surface area contributed by atoms with Crippen LogP contribution in [0.1, 0.15) is 63.2 Å². The van der Waals surface area contributed by atoms with Gasteiger partial charge in [0.2, 0.25) is 5.92 Å². The molecule has 0 aromatic carbocycles. The molecule has 0 spiro atoms. The molecule has 2 atom stereocenters. The molecule has 0 aliphatic heterocycles. The van der Waals surface area contributed by atoms with Crippen LogP contribution in [-0.2, 0) is 0 Å². The monoisotopic (exact) mass is 322 g/mol. The molecule has 0 saturated heterocycles. The fourth-order valence-electron chi connectivity index (χ4n) is 3.74. The number of nitrogens with zero attached hydrogens (tertiary/aromatic N) is 3. The predicted octanol–water partition coefficient (Wildman–Crippen LogP) is 3.38. The van der Waals surface area contributed by atoms with Gasteiger partial charge in [-0.05, 0) is 31.6 Å². The lowest BCUT2D eigenvalue weighted by molar-refractivity contribution is -0.0446. The first kappa shape index (κ1) is 14.8. The lowest BCUT2D eigenvalue weighted by atomic mass is 9.74. The molecule has 2 aromatic heterocycles. The molecule has 0 radical (unpaired) electrons. The Kier molecular flexibility index (Phi) is 3.28. The van der Waals surface area contributed by atoms with Crippen molar-refractivity contribution >= 4 is 11.0 Å². The second-order valence-electron chi connectivity index (χ2n) is 7.03. The van der Waals surface area contributed by atoms with Gasteiger partial charge in [-0.3, -0.25) is 4.79 Å². The number of nitrogens with one attached hydrogen (secondary N) is 1. The van der Waals surface area contributed by atoms with Gasteiger partial charge in [-0.25, -0.2) is 18.4 Å². The number of aromatic amines is 1. The Balaban J connectivity index is 1.72. The van der Waals surface area contributed by atoms with Crippen LogP contribution >= 0.6 is 0 Å². The van der Waals surface area contributed by atoms with E-state index < -0.39 is 5.92 Å². The van der Waals surface area contributed by atoms with E-state index in [9.17, 15) is 13.6 Å². The van der Waals surface area contributed by atoms with E-state index in [1.165, 1.54) is 6.20 Å². The topological polar surface area (TPSA) is 63.6 Å². The fraction of sp³-hybridized carbons (Fsp3) is 0.688. The Bertz CT molecular complexity index is 787. The smallest absolute Gasteiger partial charge is 0.262 e. The van der Waals surface area contributed by atoms with Crippen molar-refractivity contribution in [3.63, 3.8) is 0 Å². The van der Waals surface area contributed by atoms with Crippen molar-refractivity contribution in [1.82, 2.24) is 19.7 Å². The molecule has 2 heterocycles. The first-order chi connectivity index (χ1) is 10.9. The second kappa shape index (κ2) is 5.11. The first-order valence-electron chi connectivity index (χ1n) is 8.30. The first-order valence-corrected chi connectivity index (χ1v) is 8.30. The van der Waals surface area contributed by atoms with Crippen molar-refractivity contribution in [2.45, 2.75) is 63.3 Å². The Labute approximate surface area is 132 Å². The summed E-state index contributed by atoms with van der Waals surface area (Å²) in [5.74, 6) is -1.06. The zero-order chi connectivity index (χ0) is 16.2. The van der Waals surface area contributed by atoms with Crippen LogP contribution in [0.25, 0.3) is 11.0 Å². The third-order valence-corrected chi connectivity index (χ3v) is 5.49. The molecule has 2 fully saturated rings. The standard InChI is InChI=1S/C16H20F2N4O/c1-9-2-3-11(9)13-20-14-12(15(23)21-13)8-19-22(14)10-4-6-16(17,18)7-5-10/h8-11H,2-7H2,1H3,(H,20,21,23)/t9-,11-/m1/s1. The van der Waals surface area contributed by atoms with Gasteiger partial charge in [-0.15, -0.1) is 0 Å². The lowest BCUT2D eigenvalue weighted by Crippen LogP contribution is -2.28. The summed E-state index contributed by atoms with van der Waals surface area (Å²) in [6, 6.07) is -0.104. The summed E-state index contributed by atoms with van der Waals surface area (Å²) in [5.41, 5.74) is 0.356. The average molecular weight is 322 g/mol. The molecular formula is C16H20F2N4O. The number of hydrogen-bond donors (Lipinski definition) is 1. The Morgan fingerprint density at radius 3 is 2.61 bits per heavy atom. The van der Waals surface area contributed by atoms with E-state index in [0.717, 1.165) is 12.8 Å². The van der Waals surface area contributed by atoms with Crippen LogP contribution in [0.3, 0.4) is 0 Å². The van der Waals surface area contributed by atoms with Gasteiger partial charge in [-0.1, -0.05) is 6.92 Å². The van der Waals surface area contributed by atoms with Gasteiger partial charge in [0.25, 0.3) is 5.56 Å². The molecule has 23 heavy (non-hydrogen) atoms. The van der Waals surface area contributed by atoms with Crippen LogP contribution in [0.15, 0.2) is 11.0 Å². The summed E-state index contributed by atoms with van der Waals surface area (Å²) >= 11 is 0. The molecule has 1 N–H and O–H groups in total. The van der Waals surface area contributed by atoms with E-state index in [0.29, 0.717) is 35.6 Å². The highest BCUT2D eigenvalue weighted by Crippen LogP contribution is 2.41. The highest BCUT2D eigenvalue weighted by Gasteiger charge is 2.37. The van der Waals surface area contributed by atoms with E-state index in [-0.39, 0.29) is 30.4 Å². The van der Waals surface area contributed by atoms with Gasteiger partial charge < -0.3 is 4.98 Å². The van der Waals surface area contributed by atoms with Gasteiger partial charge in [0, 0.05) is 18.8 Å². The molecule has 2 aliphatic rings. The zero-order valence-corrected chi connectivity index (χ0v) is 13.1. The molecule has 2 aromatic rings. The van der Waals surface area contributed by atoms with E-state index in [1.807, 2.05) is 0 Å². The highest BCUT2D eigenvalue weighted by molar-refractivity contribution is 5.73. The third kappa shape index (κ3) is 2.46. The summed E-state index contributed by atoms with van der Waals surface area (Å²) in [6.45, 7) is 2.15. The fourth-order valence-corrected chi connectivity index (χ4v) is 3.74. The summed E-state index contributed by atoms with van der Waals surface area (Å²) in [5, 5.41) is 4.72. The summed E-state index contributed by atoms with van der Waals surface area (Å²) in [6.07, 6.45) is 4.15. The number of alkyl halides is 2. The molecule has 5 nitrogen and oxygen atoms in total. The highest BCUT2D eigenvalue weighted by atomic mass is 19.3. The largest absolute Gasteiger partial charge is 0.310 e. The third-order valence-electron chi connectivity index (χ3n) is 5.49. The normalized spacial score (nSPS) is 28.0. The van der Waals surface area contributed by atoms with E-state index >= 15 is 0 Å². The Morgan fingerprint density at radius 1 is 1.26 bits per heavy atom. The van der Waals surface area contributed by atoms with Crippen LogP contribution in [0, 0.1) is 5.92 Å². The minimum absolute atomic E-state index is 0.104. The molecule has 124 valence electrons. The average Bonchev–Trinajstić information content (AvgIpc) is 2.90. The molecule has 4 rings (SSSR count). The van der Waals surface area contributed by atoms with Crippen molar-refractivity contribution in [1.29, 1.82) is 0 Å². The summed E-state index contributed by atoms with van der Waals surface area (Å²) < 4.78 is 28.4. The SMILES string of the molecule is C[C@@H]1CC[C@H]1c1nc2c(cnn2C2CCC(F)(F)CC2)c(=O)[nH]1. The van der Waals surface area contributed by atoms with Gasteiger partial charge in [0.1, 0.15) is 11.2 Å². The zero-order valence-electron chi connectivity index (χ0n) is 13.1. The molecule has 2 aliphatic carbocycles. The maximum Gasteiger partial charge on any atom is 0.262 e. The molecule has 7 heteroatoms. The summed E-state index contributed by atoms with van der Waals surface area (Å²) in [4.78, 5) is 19.8. The van der Waals surface area contributed by atoms with Crippen LogP contribution < -0.4 is 5.56 Å². The van der Waals surface area contributed by atoms with E-state index in [4.69, 9.17) is 0 Å². The number of H-pyrrole nitrogens is 1. The van der Waals surface area contributed by atoms with Crippen molar-refractivity contribution in [2.75, 3.05) is 0 Å². The molecule has 2 saturated carbocycles. The molecule has 0 amide bonds. The Morgan fingerprint density at radius 2 is 2.00 bits per heavy atom. The van der Waals surface area contributed by atoms with Gasteiger partial charge in [0.05, 0.1) is 12.2 Å². The second-order valence-corrected chi connectivity index (χ2v) is 7.03. The molecule has 0 bridgehead atoms. The van der Waals surface area contributed by atoms with Crippen LogP contribution in [0.4, 0.5) is 8.78 Å². The number of fused-ring (bicyclic) bond motifs is 1. The predicted molar refractivity (Wildman–Crippen MR) is 81.7 cm³/mol. The maximum atomic E-state index is 13.4. The minimum atomic E-state index is -2.57. The van der Waals surface area contributed by atoms with Crippen LogP contribution in [0.5, 0.6) is 0 Å². The van der Waals surface area contributed by atoms with Crippen molar-refractivity contribution in [2.24, 2.45) is 5.92 Å². The van der Waals surface area contributed by atoms with Crippen molar-refractivity contribution in [3.05, 3.63) is 22.4 Å². The number of halogens is 2. The summed E-state index contributed by atoms with van der Waals surface area (Å²) in [7, 11) is 0. The number of rotatable bonds is 2. The van der Waals surface area contributed by atoms with E-state index in [2.05, 4.69) is 22.0 Å². The minimum Gasteiger partial charge on any atom is -0.310 e.